The third-order valence-corrected chi connectivity index (χ3v) is 5.75. The Kier molecular flexibility index (Phi) is 4.33. The Morgan fingerprint density at radius 3 is 2.84 bits per heavy atom. The molecule has 0 radical (unpaired) electrons. The van der Waals surface area contributed by atoms with E-state index in [1.54, 1.807) is 6.20 Å². The standard InChI is InChI=1S/C18H27N7/c1-2-3-9-25-10-5-14-16(22-13-21-14)18(25)6-11-24(12-7-18)15-4-8-20-17(19)23-15/h4,8,13H,2-3,5-7,9-12H2,1H3,(H,21,22)(H2,19,20,23). The number of unbranched alkanes of at least 4 members (excludes halogenated alkanes) is 1. The van der Waals surface area contributed by atoms with Gasteiger partial charge in [-0.1, -0.05) is 13.3 Å². The third-order valence-electron chi connectivity index (χ3n) is 5.75. The van der Waals surface area contributed by atoms with Crippen molar-refractivity contribution >= 4 is 11.8 Å². The van der Waals surface area contributed by atoms with Gasteiger partial charge in [-0.15, -0.1) is 0 Å². The minimum Gasteiger partial charge on any atom is -0.368 e. The summed E-state index contributed by atoms with van der Waals surface area (Å²) in [6.07, 6.45) is 9.29. The molecular formula is C18H27N7. The molecule has 2 aliphatic rings. The second-order valence-corrected chi connectivity index (χ2v) is 7.11. The average molecular weight is 341 g/mol. The lowest BCUT2D eigenvalue weighted by Crippen LogP contribution is -2.56. The second kappa shape index (κ2) is 6.63. The molecule has 2 aromatic rings. The highest BCUT2D eigenvalue weighted by atomic mass is 15.3. The highest BCUT2D eigenvalue weighted by molar-refractivity contribution is 5.42. The number of piperidine rings is 1. The van der Waals surface area contributed by atoms with Crippen LogP contribution in [0.15, 0.2) is 18.6 Å². The largest absolute Gasteiger partial charge is 0.368 e. The number of nitrogens with one attached hydrogen (secondary N) is 1. The van der Waals surface area contributed by atoms with E-state index >= 15 is 0 Å². The van der Waals surface area contributed by atoms with Gasteiger partial charge in [-0.2, -0.15) is 4.98 Å². The zero-order valence-electron chi connectivity index (χ0n) is 14.9. The molecule has 0 aliphatic carbocycles. The molecule has 4 rings (SSSR count). The first-order valence-corrected chi connectivity index (χ1v) is 9.34. The third kappa shape index (κ3) is 2.86. The highest BCUT2D eigenvalue weighted by Gasteiger charge is 2.46. The molecule has 1 saturated heterocycles. The van der Waals surface area contributed by atoms with Crippen molar-refractivity contribution < 1.29 is 0 Å². The molecule has 7 heteroatoms. The van der Waals surface area contributed by atoms with Crippen LogP contribution in [0.2, 0.25) is 0 Å². The van der Waals surface area contributed by atoms with Gasteiger partial charge in [0, 0.05) is 37.9 Å². The van der Waals surface area contributed by atoms with Crippen LogP contribution in [0.1, 0.15) is 44.0 Å². The number of aromatic nitrogens is 4. The van der Waals surface area contributed by atoms with Crippen molar-refractivity contribution in [3.63, 3.8) is 0 Å². The molecule has 2 aliphatic heterocycles. The second-order valence-electron chi connectivity index (χ2n) is 7.11. The van der Waals surface area contributed by atoms with Crippen LogP contribution < -0.4 is 10.6 Å². The van der Waals surface area contributed by atoms with E-state index in [-0.39, 0.29) is 5.54 Å². The van der Waals surface area contributed by atoms with Gasteiger partial charge in [0.2, 0.25) is 5.95 Å². The van der Waals surface area contributed by atoms with Gasteiger partial charge >= 0.3 is 0 Å². The first kappa shape index (κ1) is 16.3. The number of hydrogen-bond donors (Lipinski definition) is 2. The van der Waals surface area contributed by atoms with Crippen molar-refractivity contribution in [2.24, 2.45) is 0 Å². The van der Waals surface area contributed by atoms with Gasteiger partial charge in [-0.05, 0) is 31.9 Å². The number of anilines is 2. The summed E-state index contributed by atoms with van der Waals surface area (Å²) in [7, 11) is 0. The van der Waals surface area contributed by atoms with Gasteiger partial charge in [0.1, 0.15) is 5.82 Å². The molecule has 25 heavy (non-hydrogen) atoms. The summed E-state index contributed by atoms with van der Waals surface area (Å²) in [5.41, 5.74) is 8.42. The van der Waals surface area contributed by atoms with Crippen LogP contribution in [-0.4, -0.2) is 51.0 Å². The van der Waals surface area contributed by atoms with Crippen LogP contribution in [0.25, 0.3) is 0 Å². The van der Waals surface area contributed by atoms with Gasteiger partial charge in [-0.3, -0.25) is 4.90 Å². The summed E-state index contributed by atoms with van der Waals surface area (Å²) in [5, 5.41) is 0. The van der Waals surface area contributed by atoms with Gasteiger partial charge in [0.05, 0.1) is 17.6 Å². The molecule has 0 unspecified atom stereocenters. The predicted octanol–water partition coefficient (Wildman–Crippen LogP) is 1.94. The number of aromatic amines is 1. The van der Waals surface area contributed by atoms with E-state index in [1.165, 1.54) is 24.2 Å². The lowest BCUT2D eigenvalue weighted by molar-refractivity contribution is 0.0431. The molecule has 1 spiro atoms. The van der Waals surface area contributed by atoms with Crippen LogP contribution in [-0.2, 0) is 12.0 Å². The Bertz CT molecular complexity index is 718. The van der Waals surface area contributed by atoms with Crippen LogP contribution in [0.4, 0.5) is 11.8 Å². The molecule has 1 fully saturated rings. The van der Waals surface area contributed by atoms with Crippen molar-refractivity contribution in [3.8, 4) is 0 Å². The van der Waals surface area contributed by atoms with E-state index in [0.29, 0.717) is 5.95 Å². The molecule has 3 N–H and O–H groups in total. The molecule has 134 valence electrons. The Balaban J connectivity index is 1.58. The summed E-state index contributed by atoms with van der Waals surface area (Å²) >= 11 is 0. The van der Waals surface area contributed by atoms with E-state index in [0.717, 1.165) is 51.3 Å². The SMILES string of the molecule is CCCCN1CCc2[nH]cnc2C12CCN(c1ccnc(N)n1)CC2. The van der Waals surface area contributed by atoms with Crippen LogP contribution in [0.3, 0.4) is 0 Å². The molecule has 0 amide bonds. The fourth-order valence-electron chi connectivity index (χ4n) is 4.40. The Hall–Kier alpha value is -2.15. The quantitative estimate of drug-likeness (QED) is 0.884. The number of nitrogens with zero attached hydrogens (tertiary/aromatic N) is 5. The Morgan fingerprint density at radius 1 is 1.24 bits per heavy atom. The van der Waals surface area contributed by atoms with Gasteiger partial charge in [0.15, 0.2) is 0 Å². The zero-order chi connectivity index (χ0) is 17.3. The van der Waals surface area contributed by atoms with E-state index in [9.17, 15) is 0 Å². The molecule has 0 bridgehead atoms. The number of rotatable bonds is 4. The minimum absolute atomic E-state index is 0.0673. The number of H-pyrrole nitrogens is 1. The van der Waals surface area contributed by atoms with E-state index in [2.05, 4.69) is 31.7 Å². The van der Waals surface area contributed by atoms with Gasteiger partial charge < -0.3 is 15.6 Å². The molecular weight excluding hydrogens is 314 g/mol. The van der Waals surface area contributed by atoms with Gasteiger partial charge in [0.25, 0.3) is 0 Å². The topological polar surface area (TPSA) is 87.0 Å². The number of nitrogen functional groups attached to an aromatic ring is 1. The summed E-state index contributed by atoms with van der Waals surface area (Å²) in [4.78, 5) is 21.5. The fourth-order valence-corrected chi connectivity index (χ4v) is 4.40. The first-order valence-electron chi connectivity index (χ1n) is 9.34. The molecule has 0 saturated carbocycles. The van der Waals surface area contributed by atoms with Crippen molar-refractivity contribution in [2.75, 3.05) is 36.8 Å². The van der Waals surface area contributed by atoms with Crippen molar-refractivity contribution in [1.82, 2.24) is 24.8 Å². The van der Waals surface area contributed by atoms with E-state index < -0.39 is 0 Å². The molecule has 7 nitrogen and oxygen atoms in total. The van der Waals surface area contributed by atoms with Crippen LogP contribution in [0, 0.1) is 0 Å². The summed E-state index contributed by atoms with van der Waals surface area (Å²) in [6.45, 7) is 6.47. The highest BCUT2D eigenvalue weighted by Crippen LogP contribution is 2.42. The number of imidazole rings is 1. The Labute approximate surface area is 148 Å². The molecule has 2 aromatic heterocycles. The van der Waals surface area contributed by atoms with Gasteiger partial charge in [-0.25, -0.2) is 9.97 Å². The van der Waals surface area contributed by atoms with E-state index in [1.807, 2.05) is 12.4 Å². The predicted molar refractivity (Wildman–Crippen MR) is 98.3 cm³/mol. The maximum Gasteiger partial charge on any atom is 0.221 e. The van der Waals surface area contributed by atoms with Crippen LogP contribution in [0.5, 0.6) is 0 Å². The van der Waals surface area contributed by atoms with Crippen molar-refractivity contribution in [1.29, 1.82) is 0 Å². The summed E-state index contributed by atoms with van der Waals surface area (Å²) in [5.74, 6) is 1.27. The maximum atomic E-state index is 5.76. The Morgan fingerprint density at radius 2 is 2.08 bits per heavy atom. The average Bonchev–Trinajstić information content (AvgIpc) is 3.12. The molecule has 4 heterocycles. The fraction of sp³-hybridized carbons (Fsp3) is 0.611. The lowest BCUT2D eigenvalue weighted by Gasteiger charge is -2.50. The number of hydrogen-bond acceptors (Lipinski definition) is 6. The molecule has 0 aromatic carbocycles. The monoisotopic (exact) mass is 341 g/mol. The van der Waals surface area contributed by atoms with Crippen LogP contribution >= 0.6 is 0 Å². The zero-order valence-corrected chi connectivity index (χ0v) is 14.9. The minimum atomic E-state index is 0.0673. The first-order chi connectivity index (χ1) is 12.2. The lowest BCUT2D eigenvalue weighted by atomic mass is 9.78. The van der Waals surface area contributed by atoms with Crippen molar-refractivity contribution in [2.45, 2.75) is 44.6 Å². The van der Waals surface area contributed by atoms with Crippen molar-refractivity contribution in [3.05, 3.63) is 30.0 Å². The maximum absolute atomic E-state index is 5.76. The summed E-state index contributed by atoms with van der Waals surface area (Å²) in [6, 6.07) is 1.95. The smallest absolute Gasteiger partial charge is 0.221 e. The number of nitrogens with two attached hydrogens (primary N) is 1. The normalized spacial score (nSPS) is 20.0. The summed E-state index contributed by atoms with van der Waals surface area (Å²) < 4.78 is 0. The molecule has 0 atom stereocenters. The van der Waals surface area contributed by atoms with E-state index in [4.69, 9.17) is 10.7 Å². The number of fused-ring (bicyclic) bond motifs is 2.